The molecule has 0 aliphatic rings. The van der Waals surface area contributed by atoms with Crippen LogP contribution >= 0.6 is 31.9 Å². The topological polar surface area (TPSA) is 50.7 Å². The fourth-order valence-corrected chi connectivity index (χ4v) is 2.96. The Hall–Kier alpha value is -0.880. The third-order valence-electron chi connectivity index (χ3n) is 2.47. The zero-order chi connectivity index (χ0) is 15.0. The molecule has 0 saturated carbocycles. The largest absolute Gasteiger partial charge is 0.492 e. The number of carbonyl (C=O) groups excluding carboxylic acids is 1. The van der Waals surface area contributed by atoms with Crippen molar-refractivity contribution in [2.75, 3.05) is 6.61 Å². The molecular formula is C14H18Br2N2O2. The molecule has 1 aromatic carbocycles. The highest BCUT2D eigenvalue weighted by Gasteiger charge is 2.07. The summed E-state index contributed by atoms with van der Waals surface area (Å²) in [5, 5.41) is 3.95. The van der Waals surface area contributed by atoms with E-state index in [-0.39, 0.29) is 5.91 Å². The molecule has 0 fully saturated rings. The van der Waals surface area contributed by atoms with Gasteiger partial charge in [-0.05, 0) is 62.9 Å². The normalized spacial score (nSPS) is 10.8. The summed E-state index contributed by atoms with van der Waals surface area (Å²) in [6, 6.07) is 3.77. The number of ether oxygens (including phenoxy) is 1. The van der Waals surface area contributed by atoms with Crippen LogP contribution in [0.15, 0.2) is 26.2 Å². The highest BCUT2D eigenvalue weighted by atomic mass is 79.9. The lowest BCUT2D eigenvalue weighted by Gasteiger charge is -2.09. The van der Waals surface area contributed by atoms with Crippen LogP contribution < -0.4 is 10.2 Å². The van der Waals surface area contributed by atoms with Crippen molar-refractivity contribution < 1.29 is 9.53 Å². The van der Waals surface area contributed by atoms with Crippen LogP contribution in [0.4, 0.5) is 0 Å². The van der Waals surface area contributed by atoms with Crippen molar-refractivity contribution in [2.24, 2.45) is 5.10 Å². The Labute approximate surface area is 136 Å². The molecule has 1 amide bonds. The zero-order valence-electron chi connectivity index (χ0n) is 11.6. The summed E-state index contributed by atoms with van der Waals surface area (Å²) < 4.78 is 7.18. The van der Waals surface area contributed by atoms with Crippen molar-refractivity contribution in [3.8, 4) is 5.75 Å². The molecule has 0 bridgehead atoms. The highest BCUT2D eigenvalue weighted by Crippen LogP contribution is 2.34. The number of carbonyl (C=O) groups is 1. The van der Waals surface area contributed by atoms with E-state index >= 15 is 0 Å². The molecule has 0 atom stereocenters. The molecule has 0 aliphatic carbocycles. The Morgan fingerprint density at radius 1 is 1.35 bits per heavy atom. The number of benzene rings is 1. The smallest absolute Gasteiger partial charge is 0.240 e. The molecule has 0 radical (unpaired) electrons. The Morgan fingerprint density at radius 3 is 2.55 bits per heavy atom. The minimum atomic E-state index is -0.0628. The minimum absolute atomic E-state index is 0.0628. The highest BCUT2D eigenvalue weighted by molar-refractivity contribution is 9.11. The molecule has 1 aromatic rings. The molecule has 4 nitrogen and oxygen atoms in total. The maximum Gasteiger partial charge on any atom is 0.240 e. The number of unbranched alkanes of at least 4 members (excludes halogenated alkanes) is 1. The van der Waals surface area contributed by atoms with E-state index in [0.29, 0.717) is 13.0 Å². The maximum absolute atomic E-state index is 11.4. The Bertz CT molecular complexity index is 467. The Balaban J connectivity index is 2.66. The molecule has 0 spiro atoms. The van der Waals surface area contributed by atoms with Crippen molar-refractivity contribution in [3.63, 3.8) is 0 Å². The molecule has 0 unspecified atom stereocenters. The first-order valence-corrected chi connectivity index (χ1v) is 8.10. The second kappa shape index (κ2) is 9.13. The van der Waals surface area contributed by atoms with Gasteiger partial charge in [-0.2, -0.15) is 5.10 Å². The summed E-state index contributed by atoms with van der Waals surface area (Å²) in [5.74, 6) is 0.698. The van der Waals surface area contributed by atoms with E-state index in [0.717, 1.165) is 33.1 Å². The summed E-state index contributed by atoms with van der Waals surface area (Å²) in [7, 11) is 0. The lowest BCUT2D eigenvalue weighted by Crippen LogP contribution is -2.16. The average Bonchev–Trinajstić information content (AvgIpc) is 2.40. The standard InChI is InChI=1S/C14H18Br2N2O2/c1-3-5-6-13(19)18-17-9-10-7-11(15)14(20-4-2)12(16)8-10/h7-9H,3-6H2,1-2H3,(H,18,19)/b17-9+. The second-order valence-electron chi connectivity index (χ2n) is 4.14. The van der Waals surface area contributed by atoms with E-state index in [2.05, 4.69) is 42.4 Å². The third kappa shape index (κ3) is 5.63. The summed E-state index contributed by atoms with van der Waals surface area (Å²) in [6.45, 7) is 4.57. The van der Waals surface area contributed by atoms with Crippen LogP contribution in [0.3, 0.4) is 0 Å². The van der Waals surface area contributed by atoms with Crippen LogP contribution in [0.2, 0.25) is 0 Å². The fourth-order valence-electron chi connectivity index (χ4n) is 1.51. The molecule has 0 aromatic heterocycles. The average molecular weight is 406 g/mol. The fraction of sp³-hybridized carbons (Fsp3) is 0.429. The first-order chi connectivity index (χ1) is 9.58. The molecular weight excluding hydrogens is 388 g/mol. The first-order valence-electron chi connectivity index (χ1n) is 6.52. The van der Waals surface area contributed by atoms with Gasteiger partial charge in [-0.3, -0.25) is 4.79 Å². The number of hydrazone groups is 1. The number of rotatable bonds is 7. The molecule has 1 rings (SSSR count). The summed E-state index contributed by atoms with van der Waals surface area (Å²) >= 11 is 6.90. The van der Waals surface area contributed by atoms with E-state index in [1.807, 2.05) is 26.0 Å². The monoisotopic (exact) mass is 404 g/mol. The van der Waals surface area contributed by atoms with Crippen molar-refractivity contribution in [2.45, 2.75) is 33.1 Å². The van der Waals surface area contributed by atoms with Crippen molar-refractivity contribution in [3.05, 3.63) is 26.6 Å². The van der Waals surface area contributed by atoms with Crippen LogP contribution in [-0.2, 0) is 4.79 Å². The zero-order valence-corrected chi connectivity index (χ0v) is 14.8. The van der Waals surface area contributed by atoms with E-state index < -0.39 is 0 Å². The predicted molar refractivity (Wildman–Crippen MR) is 88.3 cm³/mol. The van der Waals surface area contributed by atoms with Gasteiger partial charge in [-0.15, -0.1) is 0 Å². The van der Waals surface area contributed by atoms with Crippen molar-refractivity contribution in [1.29, 1.82) is 0 Å². The van der Waals surface area contributed by atoms with Gasteiger partial charge in [0.25, 0.3) is 0 Å². The third-order valence-corrected chi connectivity index (χ3v) is 3.65. The van der Waals surface area contributed by atoms with Gasteiger partial charge in [-0.25, -0.2) is 5.43 Å². The van der Waals surface area contributed by atoms with Crippen molar-refractivity contribution in [1.82, 2.24) is 5.43 Å². The molecule has 0 heterocycles. The van der Waals surface area contributed by atoms with E-state index in [9.17, 15) is 4.79 Å². The second-order valence-corrected chi connectivity index (χ2v) is 5.85. The Morgan fingerprint density at radius 2 is 2.00 bits per heavy atom. The van der Waals surface area contributed by atoms with Gasteiger partial charge in [-0.1, -0.05) is 13.3 Å². The summed E-state index contributed by atoms with van der Waals surface area (Å²) in [5.41, 5.74) is 3.38. The Kier molecular flexibility index (Phi) is 7.84. The SMILES string of the molecule is CCCCC(=O)N/N=C/c1cc(Br)c(OCC)c(Br)c1. The molecule has 0 aliphatic heterocycles. The number of amides is 1. The number of hydrogen-bond donors (Lipinski definition) is 1. The van der Waals surface area contributed by atoms with Crippen LogP contribution in [0.1, 0.15) is 38.7 Å². The molecule has 6 heteroatoms. The van der Waals surface area contributed by atoms with Crippen LogP contribution in [0, 0.1) is 0 Å². The summed E-state index contributed by atoms with van der Waals surface area (Å²) in [4.78, 5) is 11.4. The van der Waals surface area contributed by atoms with Crippen molar-refractivity contribution >= 4 is 44.0 Å². The van der Waals surface area contributed by atoms with Crippen LogP contribution in [0.25, 0.3) is 0 Å². The van der Waals surface area contributed by atoms with Crippen LogP contribution in [0.5, 0.6) is 5.75 Å². The van der Waals surface area contributed by atoms with Gasteiger partial charge in [0, 0.05) is 6.42 Å². The van der Waals surface area contributed by atoms with E-state index in [1.165, 1.54) is 0 Å². The van der Waals surface area contributed by atoms with Gasteiger partial charge in [0.05, 0.1) is 21.8 Å². The molecule has 20 heavy (non-hydrogen) atoms. The van der Waals surface area contributed by atoms with Crippen LogP contribution in [-0.4, -0.2) is 18.7 Å². The minimum Gasteiger partial charge on any atom is -0.492 e. The quantitative estimate of drug-likeness (QED) is 0.544. The van der Waals surface area contributed by atoms with E-state index in [4.69, 9.17) is 4.74 Å². The van der Waals surface area contributed by atoms with Gasteiger partial charge < -0.3 is 4.74 Å². The maximum atomic E-state index is 11.4. The first kappa shape index (κ1) is 17.2. The number of nitrogens with zero attached hydrogens (tertiary/aromatic N) is 1. The molecule has 1 N–H and O–H groups in total. The number of halogens is 2. The van der Waals surface area contributed by atoms with Gasteiger partial charge in [0.15, 0.2) is 0 Å². The summed E-state index contributed by atoms with van der Waals surface area (Å²) in [6.07, 6.45) is 3.98. The number of nitrogens with one attached hydrogen (secondary N) is 1. The number of hydrogen-bond acceptors (Lipinski definition) is 3. The lowest BCUT2D eigenvalue weighted by atomic mass is 10.2. The molecule has 0 saturated heterocycles. The van der Waals surface area contributed by atoms with Gasteiger partial charge in [0.1, 0.15) is 5.75 Å². The lowest BCUT2D eigenvalue weighted by molar-refractivity contribution is -0.121. The van der Waals surface area contributed by atoms with Gasteiger partial charge >= 0.3 is 0 Å². The molecule has 110 valence electrons. The van der Waals surface area contributed by atoms with Gasteiger partial charge in [0.2, 0.25) is 5.91 Å². The van der Waals surface area contributed by atoms with E-state index in [1.54, 1.807) is 6.21 Å². The predicted octanol–water partition coefficient (Wildman–Crippen LogP) is 4.25.